The summed E-state index contributed by atoms with van der Waals surface area (Å²) >= 11 is 1.48. The van der Waals surface area contributed by atoms with Crippen LogP contribution in [0, 0.1) is 18.4 Å². The van der Waals surface area contributed by atoms with Gasteiger partial charge in [-0.05, 0) is 53.7 Å². The molecule has 177 valence electrons. The van der Waals surface area contributed by atoms with E-state index in [1.165, 1.54) is 29.8 Å². The average molecular weight is 655 g/mol. The first-order valence-corrected chi connectivity index (χ1v) is 12.2. The fourth-order valence-corrected chi connectivity index (χ4v) is 4.55. The van der Waals surface area contributed by atoms with Crippen molar-refractivity contribution in [3.8, 4) is 11.3 Å². The Morgan fingerprint density at radius 3 is 2.60 bits per heavy atom. The molecule has 2 aliphatic rings. The summed E-state index contributed by atoms with van der Waals surface area (Å²) in [7, 11) is 0. The Morgan fingerprint density at radius 2 is 1.80 bits per heavy atom. The zero-order chi connectivity index (χ0) is 26.5. The first-order chi connectivity index (χ1) is 18.5. The van der Waals surface area contributed by atoms with Crippen molar-refractivity contribution < 1.29 is 25.6 Å². The second kappa shape index (κ2) is 12.6. The first kappa shape index (κ1) is 20.2. The average Bonchev–Trinajstić information content (AvgIpc) is 3.80. The summed E-state index contributed by atoms with van der Waals surface area (Å²) in [5.74, 6) is 0.891. The van der Waals surface area contributed by atoms with Gasteiger partial charge in [0.1, 0.15) is 0 Å². The Bertz CT molecular complexity index is 1580. The van der Waals surface area contributed by atoms with Crippen molar-refractivity contribution in [3.05, 3.63) is 132 Å². The van der Waals surface area contributed by atoms with Gasteiger partial charge in [-0.3, -0.25) is 0 Å². The molecule has 0 aliphatic heterocycles. The van der Waals surface area contributed by atoms with E-state index in [-0.39, 0.29) is 50.1 Å². The second-order valence-electron chi connectivity index (χ2n) is 8.07. The van der Waals surface area contributed by atoms with Crippen molar-refractivity contribution in [2.45, 2.75) is 19.3 Å². The molecule has 3 aromatic heterocycles. The molecule has 35 heavy (non-hydrogen) atoms. The number of hydrogen-bond donors (Lipinski definition) is 0. The quantitative estimate of drug-likeness (QED) is 0.208. The molecule has 2 nitrogen and oxygen atoms in total. The summed E-state index contributed by atoms with van der Waals surface area (Å²) in [5, 5.41) is 2.89. The molecule has 0 N–H and O–H groups in total. The number of rotatable bonds is 3. The van der Waals surface area contributed by atoms with Crippen LogP contribution in [0.4, 0.5) is 0 Å². The molecule has 3 heterocycles. The van der Waals surface area contributed by atoms with Gasteiger partial charge in [0.05, 0.1) is 5.48 Å². The smallest absolute Gasteiger partial charge is 0.0830 e. The molecule has 0 spiro atoms. The zero-order valence-corrected chi connectivity index (χ0v) is 22.2. The van der Waals surface area contributed by atoms with E-state index < -0.39 is 0 Å². The van der Waals surface area contributed by atoms with E-state index in [9.17, 15) is 0 Å². The van der Waals surface area contributed by atoms with E-state index in [4.69, 9.17) is 5.48 Å². The van der Waals surface area contributed by atoms with Gasteiger partial charge >= 0.3 is 0 Å². The van der Waals surface area contributed by atoms with Crippen LogP contribution in [0.3, 0.4) is 0 Å². The maximum Gasteiger partial charge on any atom is 0.0830 e. The Morgan fingerprint density at radius 1 is 0.943 bits per heavy atom. The second-order valence-corrected chi connectivity index (χ2v) is 8.98. The third-order valence-corrected chi connectivity index (χ3v) is 6.63. The van der Waals surface area contributed by atoms with E-state index in [1.54, 1.807) is 11.6 Å². The first-order valence-electron chi connectivity index (χ1n) is 13.3. The summed E-state index contributed by atoms with van der Waals surface area (Å²) in [4.78, 5) is 8.36. The monoisotopic (exact) mass is 655 g/mol. The van der Waals surface area contributed by atoms with Gasteiger partial charge in [0.25, 0.3) is 0 Å². The van der Waals surface area contributed by atoms with Gasteiger partial charge in [0, 0.05) is 37.2 Å². The summed E-state index contributed by atoms with van der Waals surface area (Å²) in [6.45, 7) is 0. The summed E-state index contributed by atoms with van der Waals surface area (Å²) in [6.07, 6.45) is 12.3. The van der Waals surface area contributed by atoms with Gasteiger partial charge < -0.3 is 9.97 Å². The molecule has 0 amide bonds. The normalized spacial score (nSPS) is 15.8. The predicted molar refractivity (Wildman–Crippen MR) is 143 cm³/mol. The molecule has 1 saturated carbocycles. The Labute approximate surface area is 230 Å². The standard InChI is InChI=1S/C17H12NS.C14H14N.Ir/c1-2-9-15(16-10-5-6-12-18-16)13-19-17-11-4-3-8-14(17)7-1;1-2-10-15-14(3-1)13-8-6-12(7-9-13)11-4-5-11;/h1-8,10-13H;1-3,6,8-11H,4-5,7H2;/q2*-1;/i5D,6D,10D,12D;;. The molecular formula is C31H26IrN2S-2. The molecular weight excluding hydrogens is 625 g/mol. The minimum atomic E-state index is -0.329. The van der Waals surface area contributed by atoms with Gasteiger partial charge in [0.2, 0.25) is 0 Å². The molecule has 6 rings (SSSR count). The van der Waals surface area contributed by atoms with Crippen molar-refractivity contribution in [2.24, 2.45) is 5.92 Å². The van der Waals surface area contributed by atoms with Crippen LogP contribution in [-0.4, -0.2) is 9.97 Å². The number of fused-ring (bicyclic) bond motifs is 1. The van der Waals surface area contributed by atoms with E-state index in [2.05, 4.69) is 40.7 Å². The van der Waals surface area contributed by atoms with Crippen LogP contribution in [-0.2, 0) is 20.1 Å². The minimum Gasteiger partial charge on any atom is -0.321 e. The fourth-order valence-electron chi connectivity index (χ4n) is 3.69. The van der Waals surface area contributed by atoms with Gasteiger partial charge in [-0.2, -0.15) is 29.4 Å². The number of benzene rings is 1. The minimum absolute atomic E-state index is 0. The third kappa shape index (κ3) is 6.99. The molecule has 1 fully saturated rings. The number of pyridine rings is 2. The molecule has 0 unspecified atom stereocenters. The maximum absolute atomic E-state index is 8.02. The molecule has 4 aromatic rings. The fraction of sp³-hybridized carbons (Fsp3) is 0.129. The molecule has 0 atom stereocenters. The van der Waals surface area contributed by atoms with E-state index in [0.717, 1.165) is 28.1 Å². The number of hydrogen-bond acceptors (Lipinski definition) is 3. The van der Waals surface area contributed by atoms with E-state index >= 15 is 0 Å². The largest absolute Gasteiger partial charge is 0.321 e. The van der Waals surface area contributed by atoms with Gasteiger partial charge in [0.15, 0.2) is 0 Å². The van der Waals surface area contributed by atoms with E-state index in [1.807, 2.05) is 60.1 Å². The van der Waals surface area contributed by atoms with Gasteiger partial charge in [-0.1, -0.05) is 65.9 Å². The summed E-state index contributed by atoms with van der Waals surface area (Å²) < 4.78 is 32.1. The van der Waals surface area contributed by atoms with Crippen molar-refractivity contribution >= 4 is 27.0 Å². The number of allylic oxidation sites excluding steroid dienone is 4. The van der Waals surface area contributed by atoms with Crippen molar-refractivity contribution in [1.29, 1.82) is 0 Å². The SMILES string of the molecule is C1=C(c2ccccn2)[CH-]CC(C2CC2)=C1.[2H]c1nc(-c2[c-]cccc3ccccc3sc2)c([2H])c([2H])c1[2H].[Ir]. The van der Waals surface area contributed by atoms with Gasteiger partial charge in [-0.25, -0.2) is 0 Å². The number of aromatic nitrogens is 2. The van der Waals surface area contributed by atoms with Crippen molar-refractivity contribution in [1.82, 2.24) is 9.97 Å². The van der Waals surface area contributed by atoms with Crippen LogP contribution in [0.25, 0.3) is 26.9 Å². The molecule has 0 saturated heterocycles. The topological polar surface area (TPSA) is 25.8 Å². The Hall–Kier alpha value is -3.04. The molecule has 2 aliphatic carbocycles. The van der Waals surface area contributed by atoms with Crippen LogP contribution in [0.2, 0.25) is 0 Å². The number of nitrogens with zero attached hydrogens (tertiary/aromatic N) is 2. The van der Waals surface area contributed by atoms with Crippen LogP contribution >= 0.6 is 11.3 Å². The molecule has 1 radical (unpaired) electrons. The van der Waals surface area contributed by atoms with E-state index in [0.29, 0.717) is 5.56 Å². The van der Waals surface area contributed by atoms with Crippen LogP contribution in [0.1, 0.15) is 30.4 Å². The van der Waals surface area contributed by atoms with Crippen molar-refractivity contribution in [3.63, 3.8) is 0 Å². The van der Waals surface area contributed by atoms with Crippen molar-refractivity contribution in [2.75, 3.05) is 0 Å². The Kier molecular flexibility index (Phi) is 7.27. The summed E-state index contributed by atoms with van der Waals surface area (Å²) in [6, 6.07) is 21.8. The van der Waals surface area contributed by atoms with Crippen LogP contribution < -0.4 is 0 Å². The zero-order valence-electron chi connectivity index (χ0n) is 23.0. The summed E-state index contributed by atoms with van der Waals surface area (Å²) in [5.41, 5.74) is 4.69. The third-order valence-electron chi connectivity index (χ3n) is 5.65. The molecule has 1 aromatic carbocycles. The molecule has 4 heteroatoms. The predicted octanol–water partition coefficient (Wildman–Crippen LogP) is 8.29. The maximum atomic E-state index is 8.02. The van der Waals surface area contributed by atoms with Gasteiger partial charge in [-0.15, -0.1) is 29.8 Å². The van der Waals surface area contributed by atoms with Crippen LogP contribution in [0.15, 0.2) is 114 Å². The Balaban J connectivity index is 0.000000191. The molecule has 0 bridgehead atoms. The van der Waals surface area contributed by atoms with Crippen LogP contribution in [0.5, 0.6) is 0 Å².